The zero-order valence-corrected chi connectivity index (χ0v) is 17.7. The summed E-state index contributed by atoms with van der Waals surface area (Å²) in [6, 6.07) is 8.48. The van der Waals surface area contributed by atoms with Crippen LogP contribution in [0.3, 0.4) is 0 Å². The van der Waals surface area contributed by atoms with Crippen LogP contribution in [0.15, 0.2) is 29.3 Å². The molecule has 0 bridgehead atoms. The first-order valence-corrected chi connectivity index (χ1v) is 8.94. The number of nitrogens with one attached hydrogen (secondary N) is 2. The molecule has 1 fully saturated rings. The highest BCUT2D eigenvalue weighted by Gasteiger charge is 2.18. The van der Waals surface area contributed by atoms with Crippen LogP contribution in [-0.4, -0.2) is 44.1 Å². The van der Waals surface area contributed by atoms with Gasteiger partial charge in [-0.25, -0.2) is 0 Å². The molecule has 136 valence electrons. The Morgan fingerprint density at radius 1 is 1.21 bits per heavy atom. The van der Waals surface area contributed by atoms with Gasteiger partial charge < -0.3 is 15.5 Å². The fourth-order valence-corrected chi connectivity index (χ4v) is 3.18. The highest BCUT2D eigenvalue weighted by Crippen LogP contribution is 2.16. The fourth-order valence-electron chi connectivity index (χ4n) is 3.18. The summed E-state index contributed by atoms with van der Waals surface area (Å²) >= 11 is 0. The lowest BCUT2D eigenvalue weighted by molar-refractivity contribution is 0.185. The van der Waals surface area contributed by atoms with E-state index < -0.39 is 0 Å². The molecule has 24 heavy (non-hydrogen) atoms. The number of halogens is 1. The van der Waals surface area contributed by atoms with Crippen LogP contribution in [0.4, 0.5) is 0 Å². The molecule has 0 aromatic heterocycles. The van der Waals surface area contributed by atoms with Crippen LogP contribution in [0.1, 0.15) is 37.3 Å². The van der Waals surface area contributed by atoms with Crippen molar-refractivity contribution in [3.8, 4) is 0 Å². The number of aryl methyl sites for hydroxylation is 1. The van der Waals surface area contributed by atoms with E-state index in [2.05, 4.69) is 58.6 Å². The van der Waals surface area contributed by atoms with Crippen LogP contribution in [0, 0.1) is 12.8 Å². The molecule has 0 atom stereocenters. The smallest absolute Gasteiger partial charge is 0.191 e. The average molecular weight is 444 g/mol. The van der Waals surface area contributed by atoms with Crippen molar-refractivity contribution in [3.63, 3.8) is 0 Å². The maximum atomic E-state index is 4.35. The lowest BCUT2D eigenvalue weighted by atomic mass is 9.97. The third kappa shape index (κ3) is 6.97. The van der Waals surface area contributed by atoms with Crippen molar-refractivity contribution in [2.45, 2.75) is 39.7 Å². The number of guanidine groups is 1. The minimum Gasteiger partial charge on any atom is -0.356 e. The highest BCUT2D eigenvalue weighted by atomic mass is 127. The molecule has 0 radical (unpaired) electrons. The van der Waals surface area contributed by atoms with Crippen LogP contribution in [0.2, 0.25) is 0 Å². The summed E-state index contributed by atoms with van der Waals surface area (Å²) in [5.41, 5.74) is 2.64. The first-order chi connectivity index (χ1) is 11.2. The van der Waals surface area contributed by atoms with Gasteiger partial charge >= 0.3 is 0 Å². The number of rotatable bonds is 6. The van der Waals surface area contributed by atoms with Crippen molar-refractivity contribution in [1.82, 2.24) is 15.5 Å². The van der Waals surface area contributed by atoms with Gasteiger partial charge in [-0.2, -0.15) is 0 Å². The number of hydrogen-bond donors (Lipinski definition) is 2. The second kappa shape index (κ2) is 11.7. The van der Waals surface area contributed by atoms with Crippen LogP contribution >= 0.6 is 24.0 Å². The van der Waals surface area contributed by atoms with Crippen molar-refractivity contribution in [2.24, 2.45) is 10.9 Å². The van der Waals surface area contributed by atoms with E-state index in [1.807, 2.05) is 7.05 Å². The molecule has 0 aliphatic carbocycles. The van der Waals surface area contributed by atoms with Gasteiger partial charge in [0.1, 0.15) is 0 Å². The van der Waals surface area contributed by atoms with Gasteiger partial charge in [-0.15, -0.1) is 24.0 Å². The maximum Gasteiger partial charge on any atom is 0.191 e. The SMILES string of the molecule is CCCN1CCC(CNC(=NC)NCc2ccccc2C)CC1.I. The zero-order chi connectivity index (χ0) is 16.5. The molecule has 2 rings (SSSR count). The molecule has 4 nitrogen and oxygen atoms in total. The van der Waals surface area contributed by atoms with Crippen LogP contribution in [0.5, 0.6) is 0 Å². The summed E-state index contributed by atoms with van der Waals surface area (Å²) in [5.74, 6) is 1.67. The van der Waals surface area contributed by atoms with Crippen molar-refractivity contribution in [2.75, 3.05) is 33.2 Å². The molecule has 2 N–H and O–H groups in total. The number of hydrogen-bond acceptors (Lipinski definition) is 2. The fraction of sp³-hybridized carbons (Fsp3) is 0.632. The second-order valence-electron chi connectivity index (χ2n) is 6.52. The largest absolute Gasteiger partial charge is 0.356 e. The Balaban J connectivity index is 0.00000288. The minimum atomic E-state index is 0. The first-order valence-electron chi connectivity index (χ1n) is 8.94. The molecular weight excluding hydrogens is 411 g/mol. The Morgan fingerprint density at radius 2 is 1.92 bits per heavy atom. The van der Waals surface area contributed by atoms with Crippen molar-refractivity contribution in [3.05, 3.63) is 35.4 Å². The Labute approximate surface area is 164 Å². The van der Waals surface area contributed by atoms with Crippen LogP contribution in [0.25, 0.3) is 0 Å². The first kappa shape index (κ1) is 21.2. The zero-order valence-electron chi connectivity index (χ0n) is 15.3. The number of benzene rings is 1. The number of likely N-dealkylation sites (tertiary alicyclic amines) is 1. The molecule has 1 saturated heterocycles. The summed E-state index contributed by atoms with van der Waals surface area (Å²) in [6.07, 6.45) is 3.85. The van der Waals surface area contributed by atoms with Crippen LogP contribution in [-0.2, 0) is 6.54 Å². The minimum absolute atomic E-state index is 0. The molecule has 1 heterocycles. The van der Waals surface area contributed by atoms with E-state index in [-0.39, 0.29) is 24.0 Å². The Morgan fingerprint density at radius 3 is 2.54 bits per heavy atom. The van der Waals surface area contributed by atoms with Gasteiger partial charge in [-0.05, 0) is 62.9 Å². The van der Waals surface area contributed by atoms with E-state index in [0.717, 1.165) is 25.0 Å². The molecule has 0 unspecified atom stereocenters. The van der Waals surface area contributed by atoms with E-state index in [4.69, 9.17) is 0 Å². The predicted molar refractivity (Wildman–Crippen MR) is 114 cm³/mol. The van der Waals surface area contributed by atoms with Gasteiger partial charge in [0.15, 0.2) is 5.96 Å². The Hall–Kier alpha value is -0.820. The number of aliphatic imine (C=N–C) groups is 1. The monoisotopic (exact) mass is 444 g/mol. The van der Waals surface area contributed by atoms with Gasteiger partial charge in [0.2, 0.25) is 0 Å². The predicted octanol–water partition coefficient (Wildman–Crippen LogP) is 3.40. The van der Waals surface area contributed by atoms with Crippen molar-refractivity contribution >= 4 is 29.9 Å². The molecule has 5 heteroatoms. The molecule has 1 aromatic carbocycles. The third-order valence-corrected chi connectivity index (χ3v) is 4.74. The van der Waals surface area contributed by atoms with E-state index in [1.165, 1.54) is 50.0 Å². The lowest BCUT2D eigenvalue weighted by Gasteiger charge is -2.32. The molecule has 0 spiro atoms. The Kier molecular flexibility index (Phi) is 10.3. The van der Waals surface area contributed by atoms with Crippen molar-refractivity contribution < 1.29 is 0 Å². The highest BCUT2D eigenvalue weighted by molar-refractivity contribution is 14.0. The van der Waals surface area contributed by atoms with Crippen molar-refractivity contribution in [1.29, 1.82) is 0 Å². The Bertz CT molecular complexity index is 496. The third-order valence-electron chi connectivity index (χ3n) is 4.74. The second-order valence-corrected chi connectivity index (χ2v) is 6.52. The van der Waals surface area contributed by atoms with Gasteiger partial charge in [-0.3, -0.25) is 4.99 Å². The van der Waals surface area contributed by atoms with E-state index >= 15 is 0 Å². The summed E-state index contributed by atoms with van der Waals surface area (Å²) < 4.78 is 0. The summed E-state index contributed by atoms with van der Waals surface area (Å²) in [6.45, 7) is 9.99. The summed E-state index contributed by atoms with van der Waals surface area (Å²) in [5, 5.41) is 6.92. The van der Waals surface area contributed by atoms with Gasteiger partial charge in [0.05, 0.1) is 0 Å². The topological polar surface area (TPSA) is 39.7 Å². The summed E-state index contributed by atoms with van der Waals surface area (Å²) in [4.78, 5) is 6.93. The normalized spacial score (nSPS) is 16.5. The lowest BCUT2D eigenvalue weighted by Crippen LogP contribution is -2.42. The molecule has 1 aliphatic heterocycles. The molecule has 0 amide bonds. The molecule has 1 aliphatic rings. The number of piperidine rings is 1. The van der Waals surface area contributed by atoms with Gasteiger partial charge in [-0.1, -0.05) is 31.2 Å². The molecule has 0 saturated carbocycles. The quantitative estimate of drug-likeness (QED) is 0.402. The molecule has 1 aromatic rings. The average Bonchev–Trinajstić information content (AvgIpc) is 2.58. The van der Waals surface area contributed by atoms with Crippen LogP contribution < -0.4 is 10.6 Å². The van der Waals surface area contributed by atoms with E-state index in [0.29, 0.717) is 0 Å². The molecular formula is C19H33IN4. The van der Waals surface area contributed by atoms with Gasteiger partial charge in [0, 0.05) is 20.1 Å². The number of nitrogens with zero attached hydrogens (tertiary/aromatic N) is 2. The summed E-state index contributed by atoms with van der Waals surface area (Å²) in [7, 11) is 1.84. The van der Waals surface area contributed by atoms with E-state index in [9.17, 15) is 0 Å². The maximum absolute atomic E-state index is 4.35. The standard InChI is InChI=1S/C19H32N4.HI/c1-4-11-23-12-9-17(10-13-23)14-21-19(20-3)22-15-18-8-6-5-7-16(18)2;/h5-8,17H,4,9-15H2,1-3H3,(H2,20,21,22);1H. The van der Waals surface area contributed by atoms with Gasteiger partial charge in [0.25, 0.3) is 0 Å². The van der Waals surface area contributed by atoms with E-state index in [1.54, 1.807) is 0 Å².